The lowest BCUT2D eigenvalue weighted by molar-refractivity contribution is -0.693. The zero-order valence-electron chi connectivity index (χ0n) is 9.19. The SMILES string of the molecule is CC[n+]1ccc(N2CCCC2)cc1.O.[OH-]. The second kappa shape index (κ2) is 6.37. The van der Waals surface area contributed by atoms with E-state index in [1.807, 2.05) is 0 Å². The number of aromatic nitrogens is 1. The van der Waals surface area contributed by atoms with Crippen LogP contribution in [0.25, 0.3) is 0 Å². The number of pyridine rings is 1. The first-order valence-electron chi connectivity index (χ1n) is 5.14. The molecule has 0 aromatic carbocycles. The molecule has 15 heavy (non-hydrogen) atoms. The van der Waals surface area contributed by atoms with Crippen LogP contribution in [0.15, 0.2) is 24.5 Å². The molecule has 0 spiro atoms. The van der Waals surface area contributed by atoms with E-state index < -0.39 is 0 Å². The number of anilines is 1. The van der Waals surface area contributed by atoms with Gasteiger partial charge in [-0.2, -0.15) is 0 Å². The fourth-order valence-electron chi connectivity index (χ4n) is 1.85. The van der Waals surface area contributed by atoms with E-state index in [9.17, 15) is 0 Å². The predicted molar refractivity (Wildman–Crippen MR) is 59.3 cm³/mol. The summed E-state index contributed by atoms with van der Waals surface area (Å²) in [4.78, 5) is 2.46. The fourth-order valence-corrected chi connectivity index (χ4v) is 1.85. The summed E-state index contributed by atoms with van der Waals surface area (Å²) in [5, 5.41) is 0. The number of hydrogen-bond acceptors (Lipinski definition) is 2. The standard InChI is InChI=1S/C11H17N2.2H2O/c1-2-12-9-5-11(6-10-12)13-7-3-4-8-13;;/h5-6,9-10H,2-4,7-8H2,1H3;2*1H2/q+1;;/p-1. The summed E-state index contributed by atoms with van der Waals surface area (Å²) < 4.78 is 2.19. The van der Waals surface area contributed by atoms with Gasteiger partial charge in [-0.15, -0.1) is 0 Å². The van der Waals surface area contributed by atoms with Gasteiger partial charge in [-0.3, -0.25) is 0 Å². The molecule has 0 atom stereocenters. The normalized spacial score (nSPS) is 14.3. The van der Waals surface area contributed by atoms with Crippen LogP contribution in [0.5, 0.6) is 0 Å². The van der Waals surface area contributed by atoms with Gasteiger partial charge < -0.3 is 15.9 Å². The lowest BCUT2D eigenvalue weighted by Crippen LogP contribution is -2.31. The number of hydrogen-bond donors (Lipinski definition) is 0. The smallest absolute Gasteiger partial charge is 0.170 e. The Kier molecular flexibility index (Phi) is 5.89. The largest absolute Gasteiger partial charge is 0.870 e. The van der Waals surface area contributed by atoms with Gasteiger partial charge in [0.05, 0.1) is 0 Å². The highest BCUT2D eigenvalue weighted by atomic mass is 16.0. The van der Waals surface area contributed by atoms with Crippen molar-refractivity contribution in [2.75, 3.05) is 18.0 Å². The Morgan fingerprint density at radius 2 is 1.73 bits per heavy atom. The molecule has 0 radical (unpaired) electrons. The van der Waals surface area contributed by atoms with Crippen LogP contribution in [0.4, 0.5) is 5.69 Å². The monoisotopic (exact) mass is 212 g/mol. The Balaban J connectivity index is 0.000000980. The molecule has 0 bridgehead atoms. The Labute approximate surface area is 90.8 Å². The Hall–Kier alpha value is -1.13. The van der Waals surface area contributed by atoms with Crippen LogP contribution in [0.3, 0.4) is 0 Å². The maximum Gasteiger partial charge on any atom is 0.170 e. The average Bonchev–Trinajstić information content (AvgIpc) is 2.71. The summed E-state index contributed by atoms with van der Waals surface area (Å²) in [6.45, 7) is 5.68. The molecular formula is C11H20N2O2. The molecule has 0 amide bonds. The molecule has 4 heteroatoms. The molecule has 3 N–H and O–H groups in total. The van der Waals surface area contributed by atoms with E-state index in [1.165, 1.54) is 31.6 Å². The quantitative estimate of drug-likeness (QED) is 0.673. The average molecular weight is 212 g/mol. The Bertz CT molecular complexity index is 268. The minimum atomic E-state index is 0. The third kappa shape index (κ3) is 3.18. The molecule has 0 unspecified atom stereocenters. The van der Waals surface area contributed by atoms with Crippen LogP contribution in [0, 0.1) is 0 Å². The topological polar surface area (TPSA) is 68.6 Å². The first-order valence-corrected chi connectivity index (χ1v) is 5.14. The summed E-state index contributed by atoms with van der Waals surface area (Å²) in [6, 6.07) is 4.43. The number of aryl methyl sites for hydroxylation is 1. The molecule has 1 fully saturated rings. The third-order valence-electron chi connectivity index (χ3n) is 2.71. The summed E-state index contributed by atoms with van der Waals surface area (Å²) in [7, 11) is 0. The minimum Gasteiger partial charge on any atom is -0.870 e. The second-order valence-corrected chi connectivity index (χ2v) is 3.58. The maximum absolute atomic E-state index is 2.46. The van der Waals surface area contributed by atoms with E-state index in [4.69, 9.17) is 0 Å². The molecule has 1 aromatic heterocycles. The third-order valence-corrected chi connectivity index (χ3v) is 2.71. The number of nitrogens with zero attached hydrogens (tertiary/aromatic N) is 2. The van der Waals surface area contributed by atoms with Crippen molar-refractivity contribution in [1.82, 2.24) is 0 Å². The van der Waals surface area contributed by atoms with Gasteiger partial charge in [0.15, 0.2) is 12.4 Å². The van der Waals surface area contributed by atoms with Crippen molar-refractivity contribution >= 4 is 5.69 Å². The summed E-state index contributed by atoms with van der Waals surface area (Å²) >= 11 is 0. The van der Waals surface area contributed by atoms with Gasteiger partial charge in [-0.05, 0) is 19.8 Å². The maximum atomic E-state index is 2.46. The highest BCUT2D eigenvalue weighted by molar-refractivity contribution is 5.44. The van der Waals surface area contributed by atoms with Crippen molar-refractivity contribution in [3.8, 4) is 0 Å². The van der Waals surface area contributed by atoms with Gasteiger partial charge in [0, 0.05) is 30.9 Å². The number of rotatable bonds is 2. The molecule has 2 heterocycles. The molecule has 2 rings (SSSR count). The summed E-state index contributed by atoms with van der Waals surface area (Å²) in [5.41, 5.74) is 1.38. The van der Waals surface area contributed by atoms with Crippen molar-refractivity contribution in [3.63, 3.8) is 0 Å². The van der Waals surface area contributed by atoms with Gasteiger partial charge >= 0.3 is 0 Å². The van der Waals surface area contributed by atoms with E-state index in [0.29, 0.717) is 0 Å². The van der Waals surface area contributed by atoms with Crippen LogP contribution in [-0.4, -0.2) is 24.0 Å². The lowest BCUT2D eigenvalue weighted by atomic mass is 10.3. The zero-order chi connectivity index (χ0) is 9.10. The molecule has 0 saturated carbocycles. The van der Waals surface area contributed by atoms with Crippen molar-refractivity contribution < 1.29 is 15.5 Å². The molecule has 1 aromatic rings. The first-order chi connectivity index (χ1) is 6.40. The van der Waals surface area contributed by atoms with Crippen LogP contribution < -0.4 is 9.47 Å². The molecule has 1 aliphatic heterocycles. The van der Waals surface area contributed by atoms with E-state index in [0.717, 1.165) is 6.54 Å². The molecule has 86 valence electrons. The molecule has 1 saturated heterocycles. The van der Waals surface area contributed by atoms with Crippen LogP contribution in [0.2, 0.25) is 0 Å². The van der Waals surface area contributed by atoms with Gasteiger partial charge in [0.2, 0.25) is 0 Å². The predicted octanol–water partition coefficient (Wildman–Crippen LogP) is 0.593. The highest BCUT2D eigenvalue weighted by Gasteiger charge is 2.12. The van der Waals surface area contributed by atoms with Crippen LogP contribution in [-0.2, 0) is 6.54 Å². The minimum absolute atomic E-state index is 0. The van der Waals surface area contributed by atoms with Gasteiger partial charge in [-0.1, -0.05) is 0 Å². The summed E-state index contributed by atoms with van der Waals surface area (Å²) in [6.07, 6.45) is 7.02. The van der Waals surface area contributed by atoms with Crippen molar-refractivity contribution in [3.05, 3.63) is 24.5 Å². The fraction of sp³-hybridized carbons (Fsp3) is 0.545. The first kappa shape index (κ1) is 13.9. The molecule has 4 nitrogen and oxygen atoms in total. The summed E-state index contributed by atoms with van der Waals surface area (Å²) in [5.74, 6) is 0. The Morgan fingerprint density at radius 1 is 1.20 bits per heavy atom. The second-order valence-electron chi connectivity index (χ2n) is 3.58. The molecular weight excluding hydrogens is 192 g/mol. The van der Waals surface area contributed by atoms with Crippen molar-refractivity contribution in [1.29, 1.82) is 0 Å². The van der Waals surface area contributed by atoms with E-state index in [2.05, 4.69) is 40.9 Å². The van der Waals surface area contributed by atoms with Gasteiger partial charge in [-0.25, -0.2) is 4.57 Å². The van der Waals surface area contributed by atoms with Gasteiger partial charge in [0.1, 0.15) is 6.54 Å². The highest BCUT2D eigenvalue weighted by Crippen LogP contribution is 2.17. The van der Waals surface area contributed by atoms with Gasteiger partial charge in [0.25, 0.3) is 0 Å². The molecule has 1 aliphatic rings. The van der Waals surface area contributed by atoms with E-state index in [1.54, 1.807) is 0 Å². The van der Waals surface area contributed by atoms with E-state index >= 15 is 0 Å². The van der Waals surface area contributed by atoms with Crippen molar-refractivity contribution in [2.45, 2.75) is 26.3 Å². The van der Waals surface area contributed by atoms with Crippen molar-refractivity contribution in [2.24, 2.45) is 0 Å². The molecule has 0 aliphatic carbocycles. The Morgan fingerprint density at radius 3 is 2.20 bits per heavy atom. The van der Waals surface area contributed by atoms with Crippen LogP contribution >= 0.6 is 0 Å². The van der Waals surface area contributed by atoms with E-state index in [-0.39, 0.29) is 11.0 Å². The lowest BCUT2D eigenvalue weighted by Gasteiger charge is -2.15. The van der Waals surface area contributed by atoms with Crippen LogP contribution in [0.1, 0.15) is 19.8 Å². The zero-order valence-corrected chi connectivity index (χ0v) is 9.19.